The minimum Gasteiger partial charge on any atom is -0.478 e. The zero-order chi connectivity index (χ0) is 30.9. The number of hydrogen-bond acceptors (Lipinski definition) is 6. The lowest BCUT2D eigenvalue weighted by Gasteiger charge is -2.26. The third kappa shape index (κ3) is 9.06. The van der Waals surface area contributed by atoms with Gasteiger partial charge in [0.2, 0.25) is 0 Å². The number of aromatic carboxylic acids is 1. The van der Waals surface area contributed by atoms with Crippen molar-refractivity contribution in [2.24, 2.45) is 0 Å². The molecule has 0 aliphatic heterocycles. The highest BCUT2D eigenvalue weighted by molar-refractivity contribution is 7.92. The van der Waals surface area contributed by atoms with Crippen molar-refractivity contribution in [2.75, 3.05) is 9.62 Å². The van der Waals surface area contributed by atoms with Crippen LogP contribution in [0.3, 0.4) is 0 Å². The van der Waals surface area contributed by atoms with Gasteiger partial charge in [0, 0.05) is 13.1 Å². The molecule has 4 aromatic rings. The largest absolute Gasteiger partial charge is 0.490 e. The molecule has 0 atom stereocenters. The van der Waals surface area contributed by atoms with E-state index in [-0.39, 0.29) is 22.0 Å². The van der Waals surface area contributed by atoms with E-state index in [0.29, 0.717) is 13.1 Å². The van der Waals surface area contributed by atoms with Gasteiger partial charge in [0.05, 0.1) is 16.8 Å². The second kappa shape index (κ2) is 13.6. The Balaban J connectivity index is 0.000000616. The highest BCUT2D eigenvalue weighted by atomic mass is 32.2. The molecule has 9 nitrogen and oxygen atoms in total. The molecule has 13 heteroatoms. The molecule has 0 radical (unpaired) electrons. The molecule has 0 aliphatic carbocycles. The minimum atomic E-state index is -5.08. The summed E-state index contributed by atoms with van der Waals surface area (Å²) in [6, 6.07) is 27.1. The second-order valence-corrected chi connectivity index (χ2v) is 10.6. The van der Waals surface area contributed by atoms with Crippen molar-refractivity contribution >= 4 is 33.5 Å². The van der Waals surface area contributed by atoms with Gasteiger partial charge in [-0.05, 0) is 41.8 Å². The maximum atomic E-state index is 12.8. The van der Waals surface area contributed by atoms with Crippen LogP contribution < -0.4 is 9.62 Å². The third-order valence-corrected chi connectivity index (χ3v) is 7.00. The van der Waals surface area contributed by atoms with Gasteiger partial charge in [-0.15, -0.1) is 0 Å². The molecule has 0 aliphatic rings. The van der Waals surface area contributed by atoms with Crippen molar-refractivity contribution < 1.29 is 41.4 Å². The van der Waals surface area contributed by atoms with E-state index in [1.165, 1.54) is 18.3 Å². The van der Waals surface area contributed by atoms with Gasteiger partial charge in [-0.3, -0.25) is 4.72 Å². The highest BCUT2D eigenvalue weighted by Crippen LogP contribution is 2.26. The topological polar surface area (TPSA) is 137 Å². The van der Waals surface area contributed by atoms with E-state index < -0.39 is 28.1 Å². The maximum absolute atomic E-state index is 12.8. The van der Waals surface area contributed by atoms with Crippen molar-refractivity contribution in [2.45, 2.75) is 31.1 Å². The smallest absolute Gasteiger partial charge is 0.478 e. The summed E-state index contributed by atoms with van der Waals surface area (Å²) in [6.45, 7) is 2.65. The van der Waals surface area contributed by atoms with Crippen LogP contribution in [0.1, 0.15) is 27.0 Å². The minimum absolute atomic E-state index is 0.0760. The van der Waals surface area contributed by atoms with Gasteiger partial charge in [0.1, 0.15) is 11.4 Å². The molecular weight excluding hydrogens is 575 g/mol. The number of aromatic nitrogens is 1. The molecule has 0 fully saturated rings. The number of aliphatic carboxylic acids is 1. The van der Waals surface area contributed by atoms with E-state index in [4.69, 9.17) is 9.90 Å². The van der Waals surface area contributed by atoms with Crippen LogP contribution in [0.25, 0.3) is 0 Å². The van der Waals surface area contributed by atoms with Crippen LogP contribution in [0.4, 0.5) is 24.7 Å². The average molecular weight is 602 g/mol. The van der Waals surface area contributed by atoms with Crippen LogP contribution in [0.15, 0.2) is 102 Å². The Labute approximate surface area is 239 Å². The Kier molecular flexibility index (Phi) is 10.3. The number of alkyl halides is 3. The van der Waals surface area contributed by atoms with Crippen LogP contribution in [-0.4, -0.2) is 41.7 Å². The first-order chi connectivity index (χ1) is 19.8. The SMILES string of the molecule is Cc1cccc(S(=O)(=O)Nc2cnc(N(Cc3ccccc3)Cc3ccccc3)c(C(=O)O)c2)c1.O=C(O)C(F)(F)F. The molecule has 0 saturated carbocycles. The molecular formula is C29H26F3N3O6S. The lowest BCUT2D eigenvalue weighted by Crippen LogP contribution is -2.26. The monoisotopic (exact) mass is 601 g/mol. The van der Waals surface area contributed by atoms with Gasteiger partial charge in [0.25, 0.3) is 10.0 Å². The summed E-state index contributed by atoms with van der Waals surface area (Å²) >= 11 is 0. The Morgan fingerprint density at radius 3 is 1.83 bits per heavy atom. The van der Waals surface area contributed by atoms with Crippen LogP contribution in [0.5, 0.6) is 0 Å². The number of hydrogen-bond donors (Lipinski definition) is 3. The average Bonchev–Trinajstić information content (AvgIpc) is 2.93. The Morgan fingerprint density at radius 1 is 0.857 bits per heavy atom. The fourth-order valence-corrected chi connectivity index (χ4v) is 4.87. The first-order valence-corrected chi connectivity index (χ1v) is 13.7. The molecule has 42 heavy (non-hydrogen) atoms. The number of benzene rings is 3. The number of nitrogens with one attached hydrogen (secondary N) is 1. The Morgan fingerprint density at radius 2 is 1.38 bits per heavy atom. The summed E-state index contributed by atoms with van der Waals surface area (Å²) in [5, 5.41) is 17.1. The number of rotatable bonds is 9. The lowest BCUT2D eigenvalue weighted by molar-refractivity contribution is -0.192. The molecule has 0 unspecified atom stereocenters. The van der Waals surface area contributed by atoms with Crippen molar-refractivity contribution in [1.29, 1.82) is 0 Å². The summed E-state index contributed by atoms with van der Waals surface area (Å²) in [4.78, 5) is 27.5. The number of carboxylic acid groups (broad SMARTS) is 2. The number of halogens is 3. The van der Waals surface area contributed by atoms with Gasteiger partial charge in [-0.25, -0.2) is 23.0 Å². The first kappa shape index (κ1) is 31.6. The standard InChI is InChI=1S/C27H25N3O4S.C2HF3O2/c1-20-9-8-14-24(15-20)35(33,34)29-23-16-25(27(31)32)26(28-17-23)30(18-21-10-4-2-5-11-21)19-22-12-6-3-7-13-22;3-2(4,5)1(6)7/h2-17,29H,18-19H2,1H3,(H,31,32);(H,6,7). The molecule has 0 amide bonds. The van der Waals surface area contributed by atoms with E-state index in [1.807, 2.05) is 65.6 Å². The second-order valence-electron chi connectivity index (χ2n) is 8.95. The van der Waals surface area contributed by atoms with E-state index in [9.17, 15) is 31.5 Å². The van der Waals surface area contributed by atoms with Gasteiger partial charge in [-0.2, -0.15) is 13.2 Å². The predicted molar refractivity (Wildman–Crippen MR) is 150 cm³/mol. The summed E-state index contributed by atoms with van der Waals surface area (Å²) in [5.74, 6) is -3.70. The number of anilines is 2. The number of pyridine rings is 1. The van der Waals surface area contributed by atoms with Crippen LogP contribution in [0, 0.1) is 6.92 Å². The predicted octanol–water partition coefficient (Wildman–Crippen LogP) is 5.73. The molecule has 3 aromatic carbocycles. The fraction of sp³-hybridized carbons (Fsp3) is 0.138. The zero-order valence-electron chi connectivity index (χ0n) is 22.1. The maximum Gasteiger partial charge on any atom is 0.490 e. The first-order valence-electron chi connectivity index (χ1n) is 12.2. The lowest BCUT2D eigenvalue weighted by atomic mass is 10.1. The van der Waals surface area contributed by atoms with Crippen molar-refractivity contribution in [3.63, 3.8) is 0 Å². The molecule has 1 heterocycles. The normalized spacial score (nSPS) is 11.1. The summed E-state index contributed by atoms with van der Waals surface area (Å²) < 4.78 is 59.9. The number of carboxylic acids is 2. The van der Waals surface area contributed by atoms with Gasteiger partial charge < -0.3 is 15.1 Å². The van der Waals surface area contributed by atoms with Crippen LogP contribution >= 0.6 is 0 Å². The van der Waals surface area contributed by atoms with Gasteiger partial charge in [-0.1, -0.05) is 72.8 Å². The summed E-state index contributed by atoms with van der Waals surface area (Å²) in [5.41, 5.74) is 2.76. The molecule has 4 rings (SSSR count). The fourth-order valence-electron chi connectivity index (χ4n) is 3.73. The van der Waals surface area contributed by atoms with Gasteiger partial charge >= 0.3 is 18.1 Å². The molecule has 0 bridgehead atoms. The van der Waals surface area contributed by atoms with E-state index >= 15 is 0 Å². The Bertz CT molecular complexity index is 1590. The zero-order valence-corrected chi connectivity index (χ0v) is 22.9. The number of nitrogens with zero attached hydrogens (tertiary/aromatic N) is 2. The quantitative estimate of drug-likeness (QED) is 0.221. The molecule has 0 saturated heterocycles. The van der Waals surface area contributed by atoms with Crippen molar-refractivity contribution in [3.8, 4) is 0 Å². The number of aryl methyl sites for hydroxylation is 1. The molecule has 1 aromatic heterocycles. The molecule has 3 N–H and O–H groups in total. The van der Waals surface area contributed by atoms with E-state index in [0.717, 1.165) is 16.7 Å². The summed E-state index contributed by atoms with van der Waals surface area (Å²) in [6.07, 6.45) is -3.74. The molecule has 220 valence electrons. The van der Waals surface area contributed by atoms with Crippen molar-refractivity contribution in [3.05, 3.63) is 119 Å². The van der Waals surface area contributed by atoms with Crippen LogP contribution in [0.2, 0.25) is 0 Å². The highest BCUT2D eigenvalue weighted by Gasteiger charge is 2.38. The number of carbonyl (C=O) groups is 2. The summed E-state index contributed by atoms with van der Waals surface area (Å²) in [7, 11) is -3.91. The van der Waals surface area contributed by atoms with E-state index in [1.54, 1.807) is 25.1 Å². The third-order valence-electron chi connectivity index (χ3n) is 5.62. The molecule has 0 spiro atoms. The van der Waals surface area contributed by atoms with Crippen molar-refractivity contribution in [1.82, 2.24) is 4.98 Å². The Hall–Kier alpha value is -4.91. The number of sulfonamides is 1. The van der Waals surface area contributed by atoms with Gasteiger partial charge in [0.15, 0.2) is 0 Å². The van der Waals surface area contributed by atoms with Crippen LogP contribution in [-0.2, 0) is 27.9 Å². The van der Waals surface area contributed by atoms with E-state index in [2.05, 4.69) is 9.71 Å².